The summed E-state index contributed by atoms with van der Waals surface area (Å²) in [6.07, 6.45) is 2.91. The number of nitrogens with one attached hydrogen (secondary N) is 2. The van der Waals surface area contributed by atoms with Crippen LogP contribution in [0.15, 0.2) is 28.6 Å². The molecule has 3 rings (SSSR count). The topological polar surface area (TPSA) is 52.6 Å². The minimum atomic E-state index is -0.484. The van der Waals surface area contributed by atoms with Crippen LogP contribution in [0.1, 0.15) is 36.0 Å². The fourth-order valence-corrected chi connectivity index (χ4v) is 4.12. The van der Waals surface area contributed by atoms with Gasteiger partial charge in [0.15, 0.2) is 5.96 Å². The first kappa shape index (κ1) is 23.9. The SMILES string of the molecule is CCc1nc(CNC(=NC)NC2CCCN(Cc3c(F)cccc3F)C2)cs1.I. The molecule has 1 fully saturated rings. The Hall–Kier alpha value is -1.33. The number of piperidine rings is 1. The van der Waals surface area contributed by atoms with Crippen LogP contribution in [0.5, 0.6) is 0 Å². The lowest BCUT2D eigenvalue weighted by molar-refractivity contribution is 0.188. The van der Waals surface area contributed by atoms with Crippen molar-refractivity contribution in [2.24, 2.45) is 4.99 Å². The molecule has 1 saturated heterocycles. The summed E-state index contributed by atoms with van der Waals surface area (Å²) < 4.78 is 27.9. The first-order valence-corrected chi connectivity index (χ1v) is 10.5. The maximum atomic E-state index is 13.9. The van der Waals surface area contributed by atoms with Gasteiger partial charge in [-0.1, -0.05) is 13.0 Å². The lowest BCUT2D eigenvalue weighted by Gasteiger charge is -2.34. The molecule has 0 radical (unpaired) electrons. The molecule has 1 unspecified atom stereocenters. The van der Waals surface area contributed by atoms with Crippen molar-refractivity contribution >= 4 is 41.3 Å². The van der Waals surface area contributed by atoms with Crippen LogP contribution < -0.4 is 10.6 Å². The molecule has 0 saturated carbocycles. The van der Waals surface area contributed by atoms with Crippen molar-refractivity contribution in [3.63, 3.8) is 0 Å². The number of aromatic nitrogens is 1. The van der Waals surface area contributed by atoms with Crippen molar-refractivity contribution in [1.82, 2.24) is 20.5 Å². The van der Waals surface area contributed by atoms with E-state index in [0.717, 1.165) is 42.5 Å². The largest absolute Gasteiger partial charge is 0.352 e. The van der Waals surface area contributed by atoms with Crippen molar-refractivity contribution in [3.05, 3.63) is 51.5 Å². The summed E-state index contributed by atoms with van der Waals surface area (Å²) >= 11 is 1.67. The highest BCUT2D eigenvalue weighted by atomic mass is 127. The summed E-state index contributed by atoms with van der Waals surface area (Å²) in [5, 5.41) is 9.91. The third-order valence-electron chi connectivity index (χ3n) is 4.85. The van der Waals surface area contributed by atoms with Gasteiger partial charge < -0.3 is 10.6 Å². The molecule has 29 heavy (non-hydrogen) atoms. The molecule has 2 N–H and O–H groups in total. The van der Waals surface area contributed by atoms with Crippen molar-refractivity contribution in [1.29, 1.82) is 0 Å². The normalized spacial score (nSPS) is 17.7. The molecule has 1 aromatic carbocycles. The van der Waals surface area contributed by atoms with Crippen molar-refractivity contribution < 1.29 is 8.78 Å². The second-order valence-corrected chi connectivity index (χ2v) is 7.87. The Morgan fingerprint density at radius 2 is 2.10 bits per heavy atom. The molecule has 5 nitrogen and oxygen atoms in total. The van der Waals surface area contributed by atoms with Crippen LogP contribution in [0, 0.1) is 11.6 Å². The van der Waals surface area contributed by atoms with E-state index in [2.05, 4.69) is 37.8 Å². The minimum absolute atomic E-state index is 0. The number of rotatable bonds is 6. The molecule has 0 spiro atoms. The van der Waals surface area contributed by atoms with E-state index in [-0.39, 0.29) is 42.1 Å². The van der Waals surface area contributed by atoms with Crippen molar-refractivity contribution in [2.75, 3.05) is 20.1 Å². The number of thiazole rings is 1. The molecule has 0 aliphatic carbocycles. The number of aliphatic imine (C=N–C) groups is 1. The summed E-state index contributed by atoms with van der Waals surface area (Å²) in [6, 6.07) is 4.20. The molecule has 2 heterocycles. The van der Waals surface area contributed by atoms with E-state index in [4.69, 9.17) is 0 Å². The van der Waals surface area contributed by atoms with Gasteiger partial charge in [0, 0.05) is 37.1 Å². The van der Waals surface area contributed by atoms with Crippen molar-refractivity contribution in [3.8, 4) is 0 Å². The molecule has 1 aromatic heterocycles. The summed E-state index contributed by atoms with van der Waals surface area (Å²) in [5.41, 5.74) is 1.14. The molecule has 2 aromatic rings. The first-order chi connectivity index (χ1) is 13.6. The van der Waals surface area contributed by atoms with Gasteiger partial charge >= 0.3 is 0 Å². The highest BCUT2D eigenvalue weighted by Gasteiger charge is 2.22. The Kier molecular flexibility index (Phi) is 9.70. The summed E-state index contributed by atoms with van der Waals surface area (Å²) in [6.45, 7) is 4.54. The third-order valence-corrected chi connectivity index (χ3v) is 5.89. The Morgan fingerprint density at radius 3 is 2.76 bits per heavy atom. The lowest BCUT2D eigenvalue weighted by Crippen LogP contribution is -2.50. The zero-order valence-electron chi connectivity index (χ0n) is 16.8. The number of benzene rings is 1. The van der Waals surface area contributed by atoms with E-state index in [1.807, 2.05) is 0 Å². The van der Waals surface area contributed by atoms with Gasteiger partial charge in [-0.2, -0.15) is 0 Å². The minimum Gasteiger partial charge on any atom is -0.352 e. The van der Waals surface area contributed by atoms with Gasteiger partial charge in [-0.05, 0) is 37.9 Å². The van der Waals surface area contributed by atoms with Crippen LogP contribution >= 0.6 is 35.3 Å². The second-order valence-electron chi connectivity index (χ2n) is 6.93. The van der Waals surface area contributed by atoms with E-state index >= 15 is 0 Å². The molecule has 0 bridgehead atoms. The van der Waals surface area contributed by atoms with E-state index in [9.17, 15) is 8.78 Å². The molecule has 160 valence electrons. The molecule has 1 aliphatic rings. The molecule has 1 atom stereocenters. The molecule has 1 aliphatic heterocycles. The Bertz CT molecular complexity index is 794. The van der Waals surface area contributed by atoms with Gasteiger partial charge in [-0.25, -0.2) is 13.8 Å². The van der Waals surface area contributed by atoms with E-state index < -0.39 is 11.6 Å². The zero-order valence-corrected chi connectivity index (χ0v) is 19.9. The van der Waals surface area contributed by atoms with Gasteiger partial charge in [-0.3, -0.25) is 9.89 Å². The predicted molar refractivity (Wildman–Crippen MR) is 125 cm³/mol. The Balaban J connectivity index is 0.00000300. The fourth-order valence-electron chi connectivity index (χ4n) is 3.38. The maximum Gasteiger partial charge on any atom is 0.191 e. The molecular formula is C20H28F2IN5S. The summed E-state index contributed by atoms with van der Waals surface area (Å²) in [5.74, 6) is -0.250. The molecular weight excluding hydrogens is 507 g/mol. The number of likely N-dealkylation sites (tertiary alicyclic amines) is 1. The summed E-state index contributed by atoms with van der Waals surface area (Å²) in [4.78, 5) is 10.9. The number of hydrogen-bond donors (Lipinski definition) is 2. The van der Waals surface area contributed by atoms with E-state index in [1.54, 1.807) is 18.4 Å². The van der Waals surface area contributed by atoms with Gasteiger partial charge in [0.2, 0.25) is 0 Å². The Morgan fingerprint density at radius 1 is 1.34 bits per heavy atom. The first-order valence-electron chi connectivity index (χ1n) is 9.64. The van der Waals surface area contributed by atoms with E-state index in [0.29, 0.717) is 13.1 Å². The van der Waals surface area contributed by atoms with Gasteiger partial charge in [0.25, 0.3) is 0 Å². The molecule has 9 heteroatoms. The molecule has 0 amide bonds. The fraction of sp³-hybridized carbons (Fsp3) is 0.500. The highest BCUT2D eigenvalue weighted by Crippen LogP contribution is 2.18. The smallest absolute Gasteiger partial charge is 0.191 e. The Labute approximate surface area is 192 Å². The van der Waals surface area contributed by atoms with Crippen LogP contribution in [-0.4, -0.2) is 42.0 Å². The number of halogens is 3. The zero-order chi connectivity index (χ0) is 19.9. The van der Waals surface area contributed by atoms with Gasteiger partial charge in [-0.15, -0.1) is 35.3 Å². The maximum absolute atomic E-state index is 13.9. The number of guanidine groups is 1. The van der Waals surface area contributed by atoms with Crippen LogP contribution in [0.3, 0.4) is 0 Å². The average molecular weight is 535 g/mol. The van der Waals surface area contributed by atoms with Crippen LogP contribution in [-0.2, 0) is 19.5 Å². The number of nitrogens with zero attached hydrogens (tertiary/aromatic N) is 3. The number of hydrogen-bond acceptors (Lipinski definition) is 4. The van der Waals surface area contributed by atoms with E-state index in [1.165, 1.54) is 18.2 Å². The third kappa shape index (κ3) is 6.85. The van der Waals surface area contributed by atoms with Crippen LogP contribution in [0.2, 0.25) is 0 Å². The van der Waals surface area contributed by atoms with Crippen LogP contribution in [0.25, 0.3) is 0 Å². The quantitative estimate of drug-likeness (QED) is 0.335. The van der Waals surface area contributed by atoms with Gasteiger partial charge in [0.1, 0.15) is 11.6 Å². The lowest BCUT2D eigenvalue weighted by atomic mass is 10.0. The average Bonchev–Trinajstić information content (AvgIpc) is 3.16. The second kappa shape index (κ2) is 11.8. The number of aryl methyl sites for hydroxylation is 1. The standard InChI is InChI=1S/C20H27F2N5S.HI/c1-3-19-25-15(13-28-19)10-24-20(23-2)26-14-6-5-9-27(11-14)12-16-17(21)7-4-8-18(16)22;/h4,7-8,13-14H,3,5-6,9-12H2,1-2H3,(H2,23,24,26);1H. The summed E-state index contributed by atoms with van der Waals surface area (Å²) in [7, 11) is 1.74. The van der Waals surface area contributed by atoms with Gasteiger partial charge in [0.05, 0.1) is 17.2 Å². The van der Waals surface area contributed by atoms with Crippen molar-refractivity contribution in [2.45, 2.75) is 45.3 Å². The highest BCUT2D eigenvalue weighted by molar-refractivity contribution is 14.0. The predicted octanol–water partition coefficient (Wildman–Crippen LogP) is 3.93. The van der Waals surface area contributed by atoms with Crippen LogP contribution in [0.4, 0.5) is 8.78 Å². The monoisotopic (exact) mass is 535 g/mol.